The third kappa shape index (κ3) is 7.23. The van der Waals surface area contributed by atoms with Crippen LogP contribution in [0.5, 0.6) is 0 Å². The standard InChI is InChI=1S/C46H54/c1-43(2,3)35-20-16-31(17-21-35)39-26-24-37(45(7,8)9)29-41(39)33-14-13-15-34(28-33)42-30-38(46(10,11)12)25-27-40(42)32-18-22-36(23-19-32)44(4,5)6/h13-30H,1-12H3. The van der Waals surface area contributed by atoms with Gasteiger partial charge in [0.25, 0.3) is 0 Å². The fourth-order valence-corrected chi connectivity index (χ4v) is 6.16. The number of hydrogen-bond donors (Lipinski definition) is 0. The first-order chi connectivity index (χ1) is 21.3. The van der Waals surface area contributed by atoms with Crippen molar-refractivity contribution in [3.8, 4) is 44.5 Å². The molecule has 0 radical (unpaired) electrons. The van der Waals surface area contributed by atoms with Crippen LogP contribution in [0.1, 0.15) is 105 Å². The van der Waals surface area contributed by atoms with Crippen molar-refractivity contribution in [3.63, 3.8) is 0 Å². The van der Waals surface area contributed by atoms with E-state index < -0.39 is 0 Å². The van der Waals surface area contributed by atoms with Crippen molar-refractivity contribution in [1.29, 1.82) is 0 Å². The average molecular weight is 607 g/mol. The van der Waals surface area contributed by atoms with Crippen molar-refractivity contribution < 1.29 is 0 Å². The number of rotatable bonds is 4. The molecule has 0 bridgehead atoms. The van der Waals surface area contributed by atoms with Gasteiger partial charge in [-0.15, -0.1) is 0 Å². The molecule has 0 aliphatic carbocycles. The lowest BCUT2D eigenvalue weighted by atomic mass is 9.81. The predicted octanol–water partition coefficient (Wildman–Crippen LogP) is 13.5. The maximum Gasteiger partial charge on any atom is -0.0102 e. The molecule has 0 amide bonds. The fraction of sp³-hybridized carbons (Fsp3) is 0.348. The van der Waals surface area contributed by atoms with Gasteiger partial charge in [-0.25, -0.2) is 0 Å². The SMILES string of the molecule is CC(C)(C)c1ccc(-c2ccc(C(C)(C)C)cc2-c2cccc(-c3cc(C(C)(C)C)ccc3-c3ccc(C(C)(C)C)cc3)c2)cc1. The lowest BCUT2D eigenvalue weighted by molar-refractivity contribution is 0.590. The number of benzene rings is 5. The lowest BCUT2D eigenvalue weighted by Crippen LogP contribution is -2.11. The van der Waals surface area contributed by atoms with Gasteiger partial charge in [-0.05, 0) is 94.5 Å². The largest absolute Gasteiger partial charge is 0.0610 e. The molecule has 0 heteroatoms. The van der Waals surface area contributed by atoms with Gasteiger partial charge in [0.2, 0.25) is 0 Å². The Labute approximate surface area is 279 Å². The summed E-state index contributed by atoms with van der Waals surface area (Å²) in [5.41, 5.74) is 15.8. The molecular weight excluding hydrogens is 553 g/mol. The third-order valence-electron chi connectivity index (χ3n) is 9.38. The van der Waals surface area contributed by atoms with Gasteiger partial charge in [-0.1, -0.05) is 186 Å². The van der Waals surface area contributed by atoms with E-state index in [4.69, 9.17) is 0 Å². The summed E-state index contributed by atoms with van der Waals surface area (Å²) in [5, 5.41) is 0. The molecule has 5 rings (SSSR count). The quantitative estimate of drug-likeness (QED) is 0.191. The monoisotopic (exact) mass is 606 g/mol. The van der Waals surface area contributed by atoms with Gasteiger partial charge in [0.1, 0.15) is 0 Å². The van der Waals surface area contributed by atoms with E-state index in [9.17, 15) is 0 Å². The van der Waals surface area contributed by atoms with Gasteiger partial charge in [-0.2, -0.15) is 0 Å². The Morgan fingerprint density at radius 1 is 0.261 bits per heavy atom. The molecule has 0 aliphatic heterocycles. The fourth-order valence-electron chi connectivity index (χ4n) is 6.16. The zero-order valence-corrected chi connectivity index (χ0v) is 30.4. The minimum atomic E-state index is 0.0500. The van der Waals surface area contributed by atoms with Crippen LogP contribution < -0.4 is 0 Å². The Balaban J connectivity index is 1.70. The normalized spacial score (nSPS) is 12.8. The first-order valence-electron chi connectivity index (χ1n) is 16.9. The lowest BCUT2D eigenvalue weighted by Gasteiger charge is -2.24. The molecule has 0 aliphatic rings. The highest BCUT2D eigenvalue weighted by atomic mass is 14.3. The van der Waals surface area contributed by atoms with Gasteiger partial charge >= 0.3 is 0 Å². The molecule has 0 nitrogen and oxygen atoms in total. The molecule has 46 heavy (non-hydrogen) atoms. The van der Waals surface area contributed by atoms with Crippen LogP contribution in [0.4, 0.5) is 0 Å². The second-order valence-electron chi connectivity index (χ2n) is 17.3. The van der Waals surface area contributed by atoms with Crippen LogP contribution in [-0.2, 0) is 21.7 Å². The Morgan fingerprint density at radius 2 is 0.565 bits per heavy atom. The van der Waals surface area contributed by atoms with Crippen molar-refractivity contribution in [1.82, 2.24) is 0 Å². The second-order valence-corrected chi connectivity index (χ2v) is 17.3. The van der Waals surface area contributed by atoms with Gasteiger partial charge in [0.05, 0.1) is 0 Å². The van der Waals surface area contributed by atoms with E-state index in [0.717, 1.165) is 0 Å². The Bertz CT molecular complexity index is 1680. The van der Waals surface area contributed by atoms with Crippen molar-refractivity contribution in [3.05, 3.63) is 131 Å². The smallest absolute Gasteiger partial charge is 0.0102 e. The molecular formula is C46H54. The second kappa shape index (κ2) is 12.0. The summed E-state index contributed by atoms with van der Waals surface area (Å²) >= 11 is 0. The first kappa shape index (κ1) is 33.5. The van der Waals surface area contributed by atoms with Crippen LogP contribution in [0.2, 0.25) is 0 Å². The molecule has 0 N–H and O–H groups in total. The molecule has 0 saturated heterocycles. The highest BCUT2D eigenvalue weighted by Crippen LogP contribution is 2.41. The summed E-state index contributed by atoms with van der Waals surface area (Å²) in [6, 6.07) is 41.7. The van der Waals surface area contributed by atoms with Gasteiger partial charge in [-0.3, -0.25) is 0 Å². The summed E-state index contributed by atoms with van der Waals surface area (Å²) < 4.78 is 0. The van der Waals surface area contributed by atoms with Crippen LogP contribution in [0.25, 0.3) is 44.5 Å². The summed E-state index contributed by atoms with van der Waals surface area (Å²) in [5.74, 6) is 0. The molecule has 0 aromatic heterocycles. The van der Waals surface area contributed by atoms with E-state index in [2.05, 4.69) is 192 Å². The summed E-state index contributed by atoms with van der Waals surface area (Å²) in [6.45, 7) is 27.5. The predicted molar refractivity (Wildman–Crippen MR) is 203 cm³/mol. The maximum absolute atomic E-state index is 2.42. The maximum atomic E-state index is 2.42. The molecule has 5 aromatic carbocycles. The minimum absolute atomic E-state index is 0.0500. The Morgan fingerprint density at radius 3 is 0.870 bits per heavy atom. The summed E-state index contributed by atoms with van der Waals surface area (Å²) in [6.07, 6.45) is 0. The molecule has 0 spiro atoms. The molecule has 0 fully saturated rings. The average Bonchev–Trinajstić information content (AvgIpc) is 2.99. The van der Waals surface area contributed by atoms with Crippen molar-refractivity contribution in [2.45, 2.75) is 105 Å². The van der Waals surface area contributed by atoms with E-state index in [-0.39, 0.29) is 21.7 Å². The molecule has 0 saturated carbocycles. The third-order valence-corrected chi connectivity index (χ3v) is 9.38. The van der Waals surface area contributed by atoms with Crippen LogP contribution >= 0.6 is 0 Å². The highest BCUT2D eigenvalue weighted by molar-refractivity contribution is 5.89. The molecule has 0 heterocycles. The van der Waals surface area contributed by atoms with E-state index in [1.54, 1.807) is 0 Å². The molecule has 0 unspecified atom stereocenters. The summed E-state index contributed by atoms with van der Waals surface area (Å²) in [7, 11) is 0. The van der Waals surface area contributed by atoms with E-state index in [1.165, 1.54) is 66.8 Å². The van der Waals surface area contributed by atoms with Crippen LogP contribution in [0.3, 0.4) is 0 Å². The van der Waals surface area contributed by atoms with Crippen molar-refractivity contribution in [2.24, 2.45) is 0 Å². The minimum Gasteiger partial charge on any atom is -0.0610 e. The molecule has 5 aromatic rings. The number of hydrogen-bond acceptors (Lipinski definition) is 0. The zero-order chi connectivity index (χ0) is 33.7. The first-order valence-corrected chi connectivity index (χ1v) is 16.9. The van der Waals surface area contributed by atoms with Gasteiger partial charge < -0.3 is 0 Å². The van der Waals surface area contributed by atoms with Crippen LogP contribution in [-0.4, -0.2) is 0 Å². The van der Waals surface area contributed by atoms with E-state index in [1.807, 2.05) is 0 Å². The van der Waals surface area contributed by atoms with E-state index in [0.29, 0.717) is 0 Å². The van der Waals surface area contributed by atoms with Crippen LogP contribution in [0.15, 0.2) is 109 Å². The van der Waals surface area contributed by atoms with Gasteiger partial charge in [0, 0.05) is 0 Å². The van der Waals surface area contributed by atoms with E-state index >= 15 is 0 Å². The summed E-state index contributed by atoms with van der Waals surface area (Å²) in [4.78, 5) is 0. The Kier molecular flexibility index (Phi) is 8.76. The van der Waals surface area contributed by atoms with Gasteiger partial charge in [0.15, 0.2) is 0 Å². The molecule has 0 atom stereocenters. The Hall–Kier alpha value is -3.90. The van der Waals surface area contributed by atoms with Crippen molar-refractivity contribution >= 4 is 0 Å². The zero-order valence-electron chi connectivity index (χ0n) is 30.4. The topological polar surface area (TPSA) is 0 Å². The van der Waals surface area contributed by atoms with Crippen LogP contribution in [0, 0.1) is 0 Å². The highest BCUT2D eigenvalue weighted by Gasteiger charge is 2.21. The molecule has 238 valence electrons. The van der Waals surface area contributed by atoms with Crippen molar-refractivity contribution in [2.75, 3.05) is 0 Å².